The van der Waals surface area contributed by atoms with Gasteiger partial charge in [-0.2, -0.15) is 0 Å². The summed E-state index contributed by atoms with van der Waals surface area (Å²) >= 11 is 0. The Morgan fingerprint density at radius 3 is 1.73 bits per heavy atom. The molecular formula is C9H23NO. The Balaban J connectivity index is 0. The summed E-state index contributed by atoms with van der Waals surface area (Å²) in [6.07, 6.45) is 6.13. The van der Waals surface area contributed by atoms with Crippen LogP contribution < -0.4 is 5.48 Å². The van der Waals surface area contributed by atoms with Gasteiger partial charge in [0.1, 0.15) is 0 Å². The van der Waals surface area contributed by atoms with Crippen LogP contribution in [0.15, 0.2) is 0 Å². The van der Waals surface area contributed by atoms with E-state index in [-0.39, 0.29) is 0 Å². The van der Waals surface area contributed by atoms with E-state index in [0.29, 0.717) is 0 Å². The van der Waals surface area contributed by atoms with Gasteiger partial charge in [-0.3, -0.25) is 0 Å². The predicted octanol–water partition coefficient (Wildman–Crippen LogP) is 2.96. The molecule has 0 saturated heterocycles. The zero-order valence-corrected chi connectivity index (χ0v) is 8.19. The SMILES string of the molecule is CCCC.CCCCCNO. The van der Waals surface area contributed by atoms with Crippen molar-refractivity contribution < 1.29 is 5.21 Å². The fraction of sp³-hybridized carbons (Fsp3) is 1.00. The Labute approximate surface area is 71.0 Å². The topological polar surface area (TPSA) is 32.3 Å². The first-order valence-electron chi connectivity index (χ1n) is 4.70. The Kier molecular flexibility index (Phi) is 20.2. The molecule has 11 heavy (non-hydrogen) atoms. The van der Waals surface area contributed by atoms with E-state index in [2.05, 4.69) is 26.3 Å². The molecule has 0 aromatic rings. The summed E-state index contributed by atoms with van der Waals surface area (Å²) in [4.78, 5) is 0. The molecule has 0 aliphatic heterocycles. The third-order valence-electron chi connectivity index (χ3n) is 1.39. The van der Waals surface area contributed by atoms with Crippen LogP contribution in [0, 0.1) is 0 Å². The van der Waals surface area contributed by atoms with E-state index < -0.39 is 0 Å². The summed E-state index contributed by atoms with van der Waals surface area (Å²) in [6.45, 7) is 7.23. The molecule has 0 aromatic carbocycles. The van der Waals surface area contributed by atoms with Gasteiger partial charge in [-0.25, -0.2) is 5.48 Å². The van der Waals surface area contributed by atoms with Crippen molar-refractivity contribution >= 4 is 0 Å². The summed E-state index contributed by atoms with van der Waals surface area (Å²) in [7, 11) is 0. The second kappa shape index (κ2) is 16.5. The molecule has 0 atom stereocenters. The molecule has 2 heteroatoms. The van der Waals surface area contributed by atoms with Crippen molar-refractivity contribution in [2.75, 3.05) is 6.54 Å². The van der Waals surface area contributed by atoms with Gasteiger partial charge in [0.05, 0.1) is 0 Å². The van der Waals surface area contributed by atoms with Crippen LogP contribution in [0.3, 0.4) is 0 Å². The molecule has 0 bridgehead atoms. The molecule has 70 valence electrons. The van der Waals surface area contributed by atoms with Crippen LogP contribution >= 0.6 is 0 Å². The highest BCUT2D eigenvalue weighted by Gasteiger charge is 1.79. The first-order chi connectivity index (χ1) is 5.33. The first-order valence-corrected chi connectivity index (χ1v) is 4.70. The molecule has 0 spiro atoms. The van der Waals surface area contributed by atoms with E-state index in [1.54, 1.807) is 0 Å². The minimum absolute atomic E-state index is 0.730. The second-order valence-electron chi connectivity index (χ2n) is 2.62. The lowest BCUT2D eigenvalue weighted by molar-refractivity contribution is 0.165. The summed E-state index contributed by atoms with van der Waals surface area (Å²) in [5.41, 5.74) is 2.10. The predicted molar refractivity (Wildman–Crippen MR) is 49.9 cm³/mol. The van der Waals surface area contributed by atoms with Crippen LogP contribution in [-0.4, -0.2) is 11.8 Å². The lowest BCUT2D eigenvalue weighted by Gasteiger charge is -1.92. The molecule has 0 radical (unpaired) electrons. The van der Waals surface area contributed by atoms with E-state index in [4.69, 9.17) is 5.21 Å². The molecule has 0 aliphatic carbocycles. The van der Waals surface area contributed by atoms with Gasteiger partial charge in [0.25, 0.3) is 0 Å². The largest absolute Gasteiger partial charge is 0.317 e. The van der Waals surface area contributed by atoms with Crippen molar-refractivity contribution in [3.63, 3.8) is 0 Å². The molecule has 2 nitrogen and oxygen atoms in total. The van der Waals surface area contributed by atoms with Gasteiger partial charge in [0.2, 0.25) is 0 Å². The van der Waals surface area contributed by atoms with Gasteiger partial charge >= 0.3 is 0 Å². The van der Waals surface area contributed by atoms with Crippen molar-refractivity contribution in [3.8, 4) is 0 Å². The molecule has 0 rings (SSSR count). The zero-order valence-electron chi connectivity index (χ0n) is 8.19. The van der Waals surface area contributed by atoms with E-state index in [0.717, 1.165) is 13.0 Å². The number of unbranched alkanes of at least 4 members (excludes halogenated alkanes) is 3. The van der Waals surface area contributed by atoms with Crippen LogP contribution in [-0.2, 0) is 0 Å². The highest BCUT2D eigenvalue weighted by molar-refractivity contribution is 4.36. The molecule has 0 saturated carbocycles. The van der Waals surface area contributed by atoms with E-state index in [1.807, 2.05) is 0 Å². The van der Waals surface area contributed by atoms with Gasteiger partial charge in [-0.05, 0) is 6.42 Å². The Morgan fingerprint density at radius 2 is 1.45 bits per heavy atom. The summed E-state index contributed by atoms with van der Waals surface area (Å²) < 4.78 is 0. The average molecular weight is 161 g/mol. The molecule has 0 aromatic heterocycles. The standard InChI is InChI=1S/C5H13NO.C4H10/c1-2-3-4-5-6-7;1-3-4-2/h6-7H,2-5H2,1H3;3-4H2,1-2H3. The van der Waals surface area contributed by atoms with Crippen LogP contribution in [0.4, 0.5) is 0 Å². The summed E-state index contributed by atoms with van der Waals surface area (Å²) in [5.74, 6) is 0. The normalized spacial score (nSPS) is 8.73. The third kappa shape index (κ3) is 25.7. The maximum atomic E-state index is 8.04. The molecule has 0 amide bonds. The molecular weight excluding hydrogens is 138 g/mol. The van der Waals surface area contributed by atoms with E-state index >= 15 is 0 Å². The molecule has 0 fully saturated rings. The van der Waals surface area contributed by atoms with Gasteiger partial charge in [-0.15, -0.1) is 0 Å². The minimum atomic E-state index is 0.730. The number of hydrogen-bond acceptors (Lipinski definition) is 2. The Hall–Kier alpha value is -0.0800. The number of nitrogens with one attached hydrogen (secondary N) is 1. The van der Waals surface area contributed by atoms with Gasteiger partial charge in [-0.1, -0.05) is 46.5 Å². The lowest BCUT2D eigenvalue weighted by Crippen LogP contribution is -2.07. The van der Waals surface area contributed by atoms with Crippen molar-refractivity contribution in [3.05, 3.63) is 0 Å². The van der Waals surface area contributed by atoms with Crippen LogP contribution in [0.2, 0.25) is 0 Å². The van der Waals surface area contributed by atoms with Crippen molar-refractivity contribution in [1.29, 1.82) is 0 Å². The molecule has 0 aliphatic rings. The van der Waals surface area contributed by atoms with E-state index in [9.17, 15) is 0 Å². The van der Waals surface area contributed by atoms with E-state index in [1.165, 1.54) is 25.7 Å². The zero-order chi connectivity index (χ0) is 8.95. The molecule has 2 N–H and O–H groups in total. The lowest BCUT2D eigenvalue weighted by atomic mass is 10.3. The maximum absolute atomic E-state index is 8.04. The maximum Gasteiger partial charge on any atom is 0.0207 e. The Bertz CT molecular complexity index is 42.8. The van der Waals surface area contributed by atoms with Gasteiger partial charge in [0.15, 0.2) is 0 Å². The van der Waals surface area contributed by atoms with Gasteiger partial charge < -0.3 is 5.21 Å². The number of hydroxylamine groups is 1. The minimum Gasteiger partial charge on any atom is -0.317 e. The summed E-state index contributed by atoms with van der Waals surface area (Å²) in [5, 5.41) is 8.04. The van der Waals surface area contributed by atoms with Crippen molar-refractivity contribution in [1.82, 2.24) is 5.48 Å². The highest BCUT2D eigenvalue weighted by atomic mass is 16.5. The number of hydrogen-bond donors (Lipinski definition) is 2. The monoisotopic (exact) mass is 161 g/mol. The smallest absolute Gasteiger partial charge is 0.0207 e. The van der Waals surface area contributed by atoms with Crippen LogP contribution in [0.1, 0.15) is 52.9 Å². The van der Waals surface area contributed by atoms with Gasteiger partial charge in [0, 0.05) is 6.54 Å². The van der Waals surface area contributed by atoms with Crippen LogP contribution in [0.25, 0.3) is 0 Å². The first kappa shape index (κ1) is 13.5. The number of rotatable bonds is 5. The Morgan fingerprint density at radius 1 is 0.909 bits per heavy atom. The van der Waals surface area contributed by atoms with Crippen molar-refractivity contribution in [2.24, 2.45) is 0 Å². The fourth-order valence-corrected chi connectivity index (χ4v) is 0.454. The second-order valence-corrected chi connectivity index (χ2v) is 2.62. The highest BCUT2D eigenvalue weighted by Crippen LogP contribution is 1.89. The fourth-order valence-electron chi connectivity index (χ4n) is 0.454. The van der Waals surface area contributed by atoms with Crippen molar-refractivity contribution in [2.45, 2.75) is 52.9 Å². The van der Waals surface area contributed by atoms with Crippen LogP contribution in [0.5, 0.6) is 0 Å². The average Bonchev–Trinajstić information content (AvgIpc) is 2.06. The third-order valence-corrected chi connectivity index (χ3v) is 1.39. The summed E-state index contributed by atoms with van der Waals surface area (Å²) in [6, 6.07) is 0. The molecule has 0 heterocycles. The quantitative estimate of drug-likeness (QED) is 0.480. The molecule has 0 unspecified atom stereocenters.